The Labute approximate surface area is 151 Å². The highest BCUT2D eigenvalue weighted by Crippen LogP contribution is 2.21. The van der Waals surface area contributed by atoms with E-state index in [1.165, 1.54) is 0 Å². The van der Waals surface area contributed by atoms with E-state index in [1.807, 2.05) is 13.0 Å². The van der Waals surface area contributed by atoms with Crippen molar-refractivity contribution < 1.29 is 19.8 Å². The molecule has 0 fully saturated rings. The smallest absolute Gasteiger partial charge is 0.307 e. The van der Waals surface area contributed by atoms with Crippen molar-refractivity contribution in [3.8, 4) is 11.3 Å². The summed E-state index contributed by atoms with van der Waals surface area (Å²) in [5, 5.41) is 29.4. The molecule has 3 N–H and O–H groups in total. The normalized spacial score (nSPS) is 11.9. The first-order chi connectivity index (χ1) is 12.5. The first kappa shape index (κ1) is 19.6. The quantitative estimate of drug-likeness (QED) is 0.587. The fraction of sp³-hybridized carbons (Fsp3) is 0.444. The SMILES string of the molecule is CCCC(O)CNC(=O)CCn1cc(-c2ccccc2CC(=O)O)nn1. The molecule has 1 unspecified atom stereocenters. The third kappa shape index (κ3) is 5.96. The zero-order chi connectivity index (χ0) is 18.9. The van der Waals surface area contributed by atoms with Crippen LogP contribution in [0.5, 0.6) is 0 Å². The van der Waals surface area contributed by atoms with Crippen LogP contribution in [0, 0.1) is 0 Å². The molecule has 1 aromatic carbocycles. The van der Waals surface area contributed by atoms with Crippen molar-refractivity contribution in [1.29, 1.82) is 0 Å². The van der Waals surface area contributed by atoms with E-state index in [2.05, 4.69) is 15.6 Å². The van der Waals surface area contributed by atoms with Gasteiger partial charge in [-0.2, -0.15) is 0 Å². The summed E-state index contributed by atoms with van der Waals surface area (Å²) in [7, 11) is 0. The number of amides is 1. The van der Waals surface area contributed by atoms with Crippen LogP contribution in [-0.4, -0.2) is 49.7 Å². The summed E-state index contributed by atoms with van der Waals surface area (Å²) in [6.45, 7) is 2.57. The Bertz CT molecular complexity index is 744. The topological polar surface area (TPSA) is 117 Å². The molecule has 1 amide bonds. The molecule has 1 aromatic heterocycles. The summed E-state index contributed by atoms with van der Waals surface area (Å²) >= 11 is 0. The van der Waals surface area contributed by atoms with Crippen LogP contribution in [0.4, 0.5) is 0 Å². The average Bonchev–Trinajstić information content (AvgIpc) is 3.07. The van der Waals surface area contributed by atoms with Crippen LogP contribution >= 0.6 is 0 Å². The van der Waals surface area contributed by atoms with E-state index in [4.69, 9.17) is 5.11 Å². The Morgan fingerprint density at radius 2 is 2.08 bits per heavy atom. The number of aliphatic carboxylic acids is 1. The molecule has 0 spiro atoms. The number of nitrogens with zero attached hydrogens (tertiary/aromatic N) is 3. The number of nitrogens with one attached hydrogen (secondary N) is 1. The van der Waals surface area contributed by atoms with Crippen LogP contribution in [0.1, 0.15) is 31.7 Å². The maximum Gasteiger partial charge on any atom is 0.307 e. The molecule has 0 radical (unpaired) electrons. The minimum atomic E-state index is -0.910. The number of aromatic nitrogens is 3. The van der Waals surface area contributed by atoms with E-state index in [0.29, 0.717) is 29.8 Å². The van der Waals surface area contributed by atoms with Gasteiger partial charge in [-0.05, 0) is 12.0 Å². The summed E-state index contributed by atoms with van der Waals surface area (Å²) in [5.41, 5.74) is 1.95. The van der Waals surface area contributed by atoms with Gasteiger partial charge in [0.25, 0.3) is 0 Å². The summed E-state index contributed by atoms with van der Waals surface area (Å²) < 4.78 is 1.55. The van der Waals surface area contributed by atoms with Gasteiger partial charge in [-0.15, -0.1) is 5.10 Å². The molecule has 0 aliphatic heterocycles. The Balaban J connectivity index is 1.92. The van der Waals surface area contributed by atoms with Crippen LogP contribution < -0.4 is 5.32 Å². The summed E-state index contributed by atoms with van der Waals surface area (Å²) in [5.74, 6) is -1.07. The van der Waals surface area contributed by atoms with Crippen LogP contribution in [-0.2, 0) is 22.6 Å². The van der Waals surface area contributed by atoms with Crippen LogP contribution in [0.2, 0.25) is 0 Å². The number of rotatable bonds is 10. The molecule has 0 saturated heterocycles. The highest BCUT2D eigenvalue weighted by Gasteiger charge is 2.12. The molecule has 1 atom stereocenters. The molecular weight excluding hydrogens is 336 g/mol. The Morgan fingerprint density at radius 3 is 2.81 bits per heavy atom. The lowest BCUT2D eigenvalue weighted by Gasteiger charge is -2.10. The van der Waals surface area contributed by atoms with Gasteiger partial charge in [0, 0.05) is 18.5 Å². The number of benzene rings is 1. The van der Waals surface area contributed by atoms with E-state index < -0.39 is 12.1 Å². The average molecular weight is 360 g/mol. The van der Waals surface area contributed by atoms with Crippen molar-refractivity contribution in [2.75, 3.05) is 6.54 Å². The van der Waals surface area contributed by atoms with Crippen LogP contribution in [0.3, 0.4) is 0 Å². The third-order valence-electron chi connectivity index (χ3n) is 3.90. The zero-order valence-electron chi connectivity index (χ0n) is 14.8. The van der Waals surface area contributed by atoms with Gasteiger partial charge in [0.2, 0.25) is 5.91 Å². The molecule has 0 aliphatic rings. The number of carbonyl (C=O) groups is 2. The zero-order valence-corrected chi connectivity index (χ0v) is 14.8. The Hall–Kier alpha value is -2.74. The van der Waals surface area contributed by atoms with Crippen molar-refractivity contribution >= 4 is 11.9 Å². The lowest BCUT2D eigenvalue weighted by atomic mass is 10.0. The monoisotopic (exact) mass is 360 g/mol. The second-order valence-electron chi connectivity index (χ2n) is 6.09. The lowest BCUT2D eigenvalue weighted by molar-refractivity contribution is -0.136. The standard InChI is InChI=1S/C18H24N4O4/c1-2-5-14(23)11-19-17(24)8-9-22-12-16(20-21-22)15-7-4-3-6-13(15)10-18(25)26/h3-4,6-7,12,14,23H,2,5,8-11H2,1H3,(H,19,24)(H,25,26). The number of hydrogen-bond donors (Lipinski definition) is 3. The van der Waals surface area contributed by atoms with Gasteiger partial charge < -0.3 is 15.5 Å². The highest BCUT2D eigenvalue weighted by atomic mass is 16.4. The minimum Gasteiger partial charge on any atom is -0.481 e. The van der Waals surface area contributed by atoms with E-state index in [1.54, 1.807) is 29.1 Å². The molecule has 2 rings (SSSR count). The van der Waals surface area contributed by atoms with Crippen molar-refractivity contribution in [3.05, 3.63) is 36.0 Å². The molecule has 2 aromatic rings. The second-order valence-corrected chi connectivity index (χ2v) is 6.09. The van der Waals surface area contributed by atoms with E-state index in [9.17, 15) is 14.7 Å². The molecule has 0 bridgehead atoms. The summed E-state index contributed by atoms with van der Waals surface area (Å²) in [6, 6.07) is 7.14. The van der Waals surface area contributed by atoms with E-state index in [0.717, 1.165) is 6.42 Å². The number of aryl methyl sites for hydroxylation is 1. The maximum atomic E-state index is 11.8. The van der Waals surface area contributed by atoms with Crippen molar-refractivity contribution in [1.82, 2.24) is 20.3 Å². The lowest BCUT2D eigenvalue weighted by Crippen LogP contribution is -2.32. The van der Waals surface area contributed by atoms with Gasteiger partial charge in [-0.3, -0.25) is 14.3 Å². The number of carboxylic acid groups (broad SMARTS) is 1. The molecular formula is C18H24N4O4. The summed E-state index contributed by atoms with van der Waals surface area (Å²) in [6.07, 6.45) is 2.82. The van der Waals surface area contributed by atoms with Crippen LogP contribution in [0.15, 0.2) is 30.5 Å². The number of hydrogen-bond acceptors (Lipinski definition) is 5. The van der Waals surface area contributed by atoms with Gasteiger partial charge in [0.15, 0.2) is 0 Å². The molecule has 140 valence electrons. The number of carbonyl (C=O) groups excluding carboxylic acids is 1. The van der Waals surface area contributed by atoms with Crippen molar-refractivity contribution in [2.45, 2.75) is 45.3 Å². The van der Waals surface area contributed by atoms with Gasteiger partial charge >= 0.3 is 5.97 Å². The van der Waals surface area contributed by atoms with E-state index >= 15 is 0 Å². The highest BCUT2D eigenvalue weighted by molar-refractivity contribution is 5.76. The minimum absolute atomic E-state index is 0.0917. The first-order valence-corrected chi connectivity index (χ1v) is 8.64. The van der Waals surface area contributed by atoms with Crippen molar-refractivity contribution in [2.24, 2.45) is 0 Å². The fourth-order valence-electron chi connectivity index (χ4n) is 2.59. The summed E-state index contributed by atoms with van der Waals surface area (Å²) in [4.78, 5) is 22.8. The number of aliphatic hydroxyl groups excluding tert-OH is 1. The Kier molecular flexibility index (Phi) is 7.28. The molecule has 8 heteroatoms. The Morgan fingerprint density at radius 1 is 1.31 bits per heavy atom. The second kappa shape index (κ2) is 9.67. The molecule has 1 heterocycles. The van der Waals surface area contributed by atoms with Gasteiger partial charge in [-0.1, -0.05) is 42.8 Å². The molecule has 26 heavy (non-hydrogen) atoms. The largest absolute Gasteiger partial charge is 0.481 e. The maximum absolute atomic E-state index is 11.8. The van der Waals surface area contributed by atoms with Gasteiger partial charge in [-0.25, -0.2) is 0 Å². The van der Waals surface area contributed by atoms with E-state index in [-0.39, 0.29) is 25.3 Å². The third-order valence-corrected chi connectivity index (χ3v) is 3.90. The predicted molar refractivity (Wildman–Crippen MR) is 95.3 cm³/mol. The van der Waals surface area contributed by atoms with Gasteiger partial charge in [0.05, 0.1) is 25.3 Å². The van der Waals surface area contributed by atoms with Gasteiger partial charge in [0.1, 0.15) is 5.69 Å². The molecule has 0 saturated carbocycles. The number of carboxylic acids is 1. The van der Waals surface area contributed by atoms with Crippen LogP contribution in [0.25, 0.3) is 11.3 Å². The fourth-order valence-corrected chi connectivity index (χ4v) is 2.59. The first-order valence-electron chi connectivity index (χ1n) is 8.64. The number of aliphatic hydroxyl groups is 1. The van der Waals surface area contributed by atoms with Crippen molar-refractivity contribution in [3.63, 3.8) is 0 Å². The predicted octanol–water partition coefficient (Wildman–Crippen LogP) is 1.24. The molecule has 0 aliphatic carbocycles. The molecule has 8 nitrogen and oxygen atoms in total.